The topological polar surface area (TPSA) is 18.5 Å². The van der Waals surface area contributed by atoms with Gasteiger partial charge in [-0.3, -0.25) is 0 Å². The number of rotatable bonds is 8. The molecular weight excluding hydrogens is 244 g/mol. The Morgan fingerprint density at radius 3 is 1.71 bits per heavy atom. The fourth-order valence-electron chi connectivity index (χ4n) is 1.32. The summed E-state index contributed by atoms with van der Waals surface area (Å²) in [6.07, 6.45) is 6.98. The molecule has 0 spiro atoms. The molecule has 0 saturated carbocycles. The van der Waals surface area contributed by atoms with Gasteiger partial charge in [0.2, 0.25) is 22.6 Å². The molecule has 0 aliphatic carbocycles. The number of hydrogen-bond acceptors (Lipinski definition) is 2. The highest BCUT2D eigenvalue weighted by Crippen LogP contribution is 2.18. The van der Waals surface area contributed by atoms with Crippen molar-refractivity contribution in [3.8, 4) is 0 Å². The van der Waals surface area contributed by atoms with E-state index in [0.29, 0.717) is 0 Å². The summed E-state index contributed by atoms with van der Waals surface area (Å²) < 4.78 is 12.0. The summed E-state index contributed by atoms with van der Waals surface area (Å²) in [5.74, 6) is 0.791. The van der Waals surface area contributed by atoms with E-state index in [0.717, 1.165) is 12.4 Å². The molecule has 0 amide bonds. The minimum absolute atomic E-state index is 0.791. The van der Waals surface area contributed by atoms with Crippen molar-refractivity contribution in [1.82, 2.24) is 0 Å². The second kappa shape index (κ2) is 7.26. The van der Waals surface area contributed by atoms with Crippen LogP contribution in [0.2, 0.25) is 39.3 Å². The van der Waals surface area contributed by atoms with Gasteiger partial charge in [0.05, 0.1) is 0 Å². The van der Waals surface area contributed by atoms with Gasteiger partial charge in [0.25, 0.3) is 0 Å². The first-order valence-corrected chi connectivity index (χ1v) is 13.5. The van der Waals surface area contributed by atoms with Gasteiger partial charge in [0.15, 0.2) is 0 Å². The normalized spacial score (nSPS) is 12.2. The largest absolute Gasteiger partial charge is 0.521 e. The molecule has 2 nitrogen and oxygen atoms in total. The lowest BCUT2D eigenvalue weighted by Crippen LogP contribution is -2.31. The molecule has 0 N–H and O–H groups in total. The average molecular weight is 275 g/mol. The molecular formula is C13H30O2Si2. The Morgan fingerprint density at radius 2 is 1.35 bits per heavy atom. The summed E-state index contributed by atoms with van der Waals surface area (Å²) in [5.41, 5.74) is 0. The van der Waals surface area contributed by atoms with Crippen molar-refractivity contribution in [3.05, 3.63) is 12.0 Å². The molecule has 4 heteroatoms. The zero-order valence-electron chi connectivity index (χ0n) is 12.7. The highest BCUT2D eigenvalue weighted by atomic mass is 28.4. The molecule has 0 aromatic carbocycles. The molecule has 0 aromatic rings. The third kappa shape index (κ3) is 12.0. The second-order valence-electron chi connectivity index (χ2n) is 6.45. The molecule has 0 rings (SSSR count). The standard InChI is InChI=1S/C13H30O2Si2/c1-8-9-10-11-12-13(14-16(2,3)4)15-17(5,6)7/h12H,8-11H2,1-7H3. The molecule has 0 aromatic heterocycles. The van der Waals surface area contributed by atoms with E-state index in [4.69, 9.17) is 8.85 Å². The first-order valence-electron chi connectivity index (χ1n) is 6.72. The monoisotopic (exact) mass is 274 g/mol. The Labute approximate surface area is 110 Å². The van der Waals surface area contributed by atoms with Crippen molar-refractivity contribution in [1.29, 1.82) is 0 Å². The van der Waals surface area contributed by atoms with E-state index in [1.165, 1.54) is 19.3 Å². The van der Waals surface area contributed by atoms with Gasteiger partial charge < -0.3 is 8.85 Å². The fourth-order valence-corrected chi connectivity index (χ4v) is 2.86. The van der Waals surface area contributed by atoms with Gasteiger partial charge in [-0.05, 0) is 58.2 Å². The quantitative estimate of drug-likeness (QED) is 0.348. The van der Waals surface area contributed by atoms with Gasteiger partial charge in [-0.2, -0.15) is 0 Å². The van der Waals surface area contributed by atoms with Crippen molar-refractivity contribution in [2.24, 2.45) is 0 Å². The number of allylic oxidation sites excluding steroid dienone is 1. The second-order valence-corrected chi connectivity index (χ2v) is 15.3. The van der Waals surface area contributed by atoms with Crippen molar-refractivity contribution in [2.75, 3.05) is 0 Å². The van der Waals surface area contributed by atoms with Crippen molar-refractivity contribution >= 4 is 16.6 Å². The Morgan fingerprint density at radius 1 is 0.882 bits per heavy atom. The fraction of sp³-hybridized carbons (Fsp3) is 0.846. The summed E-state index contributed by atoms with van der Waals surface area (Å²) in [4.78, 5) is 0. The molecule has 0 saturated heterocycles. The molecule has 0 aliphatic heterocycles. The molecule has 17 heavy (non-hydrogen) atoms. The highest BCUT2D eigenvalue weighted by Gasteiger charge is 2.23. The van der Waals surface area contributed by atoms with Crippen molar-refractivity contribution < 1.29 is 8.85 Å². The van der Waals surface area contributed by atoms with Gasteiger partial charge in [-0.25, -0.2) is 0 Å². The van der Waals surface area contributed by atoms with E-state index >= 15 is 0 Å². The van der Waals surface area contributed by atoms with Gasteiger partial charge in [0, 0.05) is 0 Å². The summed E-state index contributed by atoms with van der Waals surface area (Å²) in [5, 5.41) is 0. The minimum atomic E-state index is -1.56. The maximum absolute atomic E-state index is 6.01. The van der Waals surface area contributed by atoms with Crippen LogP contribution in [0.4, 0.5) is 0 Å². The van der Waals surface area contributed by atoms with Crippen LogP contribution >= 0.6 is 0 Å². The van der Waals surface area contributed by atoms with Gasteiger partial charge in [0.1, 0.15) is 0 Å². The van der Waals surface area contributed by atoms with Gasteiger partial charge >= 0.3 is 0 Å². The summed E-state index contributed by atoms with van der Waals surface area (Å²) in [6.45, 7) is 15.4. The lowest BCUT2D eigenvalue weighted by Gasteiger charge is -2.27. The third-order valence-electron chi connectivity index (χ3n) is 1.93. The van der Waals surface area contributed by atoms with E-state index in [1.807, 2.05) is 0 Å². The lowest BCUT2D eigenvalue weighted by atomic mass is 10.2. The van der Waals surface area contributed by atoms with Crippen LogP contribution in [0.15, 0.2) is 12.0 Å². The molecule has 0 aliphatic rings. The average Bonchev–Trinajstić information content (AvgIpc) is 2.06. The first-order chi connectivity index (χ1) is 7.64. The van der Waals surface area contributed by atoms with Crippen LogP contribution in [-0.2, 0) is 8.85 Å². The Kier molecular flexibility index (Phi) is 7.17. The van der Waals surface area contributed by atoms with E-state index in [-0.39, 0.29) is 0 Å². The molecule has 0 fully saturated rings. The minimum Gasteiger partial charge on any atom is -0.521 e. The van der Waals surface area contributed by atoms with E-state index in [2.05, 4.69) is 52.3 Å². The third-order valence-corrected chi connectivity index (χ3v) is 3.56. The maximum Gasteiger partial charge on any atom is 0.247 e. The van der Waals surface area contributed by atoms with E-state index in [1.54, 1.807) is 0 Å². The Hall–Kier alpha value is -0.226. The highest BCUT2D eigenvalue weighted by molar-refractivity contribution is 6.71. The molecule has 0 bridgehead atoms. The van der Waals surface area contributed by atoms with E-state index < -0.39 is 16.6 Å². The molecule has 0 unspecified atom stereocenters. The van der Waals surface area contributed by atoms with Crippen LogP contribution < -0.4 is 0 Å². The van der Waals surface area contributed by atoms with Crippen LogP contribution in [-0.4, -0.2) is 16.6 Å². The smallest absolute Gasteiger partial charge is 0.247 e. The zero-order chi connectivity index (χ0) is 13.5. The van der Waals surface area contributed by atoms with Crippen molar-refractivity contribution in [3.63, 3.8) is 0 Å². The van der Waals surface area contributed by atoms with Gasteiger partial charge in [-0.15, -0.1) is 0 Å². The van der Waals surface area contributed by atoms with Crippen LogP contribution in [0.1, 0.15) is 32.6 Å². The summed E-state index contributed by atoms with van der Waals surface area (Å²) in [7, 11) is -3.12. The summed E-state index contributed by atoms with van der Waals surface area (Å²) in [6, 6.07) is 0. The predicted molar refractivity (Wildman–Crippen MR) is 81.1 cm³/mol. The van der Waals surface area contributed by atoms with Gasteiger partial charge in [-0.1, -0.05) is 19.8 Å². The SMILES string of the molecule is CCCCCC=C(O[Si](C)(C)C)O[Si](C)(C)C. The number of hydrogen-bond donors (Lipinski definition) is 0. The molecule has 0 heterocycles. The molecule has 0 radical (unpaired) electrons. The lowest BCUT2D eigenvalue weighted by molar-refractivity contribution is 0.214. The van der Waals surface area contributed by atoms with Crippen LogP contribution in [0.3, 0.4) is 0 Å². The summed E-state index contributed by atoms with van der Waals surface area (Å²) >= 11 is 0. The predicted octanol–water partition coefficient (Wildman–Crippen LogP) is 5.11. The molecule has 102 valence electrons. The number of unbranched alkanes of at least 4 members (excludes halogenated alkanes) is 3. The van der Waals surface area contributed by atoms with Crippen molar-refractivity contribution in [2.45, 2.75) is 71.9 Å². The Balaban J connectivity index is 4.40. The zero-order valence-corrected chi connectivity index (χ0v) is 14.7. The van der Waals surface area contributed by atoms with Crippen LogP contribution in [0.25, 0.3) is 0 Å². The first kappa shape index (κ1) is 16.8. The van der Waals surface area contributed by atoms with Crippen LogP contribution in [0, 0.1) is 0 Å². The van der Waals surface area contributed by atoms with E-state index in [9.17, 15) is 0 Å². The maximum atomic E-state index is 6.01. The molecule has 0 atom stereocenters. The Bertz CT molecular complexity index is 219. The van der Waals surface area contributed by atoms with Crippen LogP contribution in [0.5, 0.6) is 0 Å².